The molecule has 0 bridgehead atoms. The van der Waals surface area contributed by atoms with Gasteiger partial charge in [-0.25, -0.2) is 13.2 Å². The first-order valence-corrected chi connectivity index (χ1v) is 7.23. The molecular weight excluding hydrogens is 295 g/mol. The van der Waals surface area contributed by atoms with Crippen LogP contribution in [0.25, 0.3) is 10.1 Å². The summed E-state index contributed by atoms with van der Waals surface area (Å²) in [5, 5.41) is 0.769. The number of fused-ring (bicyclic) bond motifs is 1. The van der Waals surface area contributed by atoms with E-state index in [1.54, 1.807) is 12.1 Å². The molecule has 108 valence electrons. The Labute approximate surface area is 123 Å². The van der Waals surface area contributed by atoms with Crippen LogP contribution >= 0.6 is 11.3 Å². The van der Waals surface area contributed by atoms with Crippen molar-refractivity contribution in [2.75, 3.05) is 0 Å². The van der Waals surface area contributed by atoms with Crippen LogP contribution in [-0.2, 0) is 6.42 Å². The predicted molar refractivity (Wildman–Crippen MR) is 78.8 cm³/mol. The van der Waals surface area contributed by atoms with Gasteiger partial charge in [-0.1, -0.05) is 0 Å². The topological polar surface area (TPSA) is 26.0 Å². The van der Waals surface area contributed by atoms with Gasteiger partial charge in [-0.05, 0) is 59.8 Å². The van der Waals surface area contributed by atoms with E-state index in [4.69, 9.17) is 5.73 Å². The fourth-order valence-electron chi connectivity index (χ4n) is 2.25. The maximum absolute atomic E-state index is 13.6. The van der Waals surface area contributed by atoms with Crippen molar-refractivity contribution < 1.29 is 13.2 Å². The van der Waals surface area contributed by atoms with Crippen LogP contribution in [0.5, 0.6) is 0 Å². The van der Waals surface area contributed by atoms with Crippen molar-refractivity contribution in [3.8, 4) is 0 Å². The normalized spacial score (nSPS) is 12.8. The summed E-state index contributed by atoms with van der Waals surface area (Å²) in [7, 11) is 0. The van der Waals surface area contributed by atoms with Crippen LogP contribution in [0.3, 0.4) is 0 Å². The molecule has 0 aliphatic heterocycles. The molecule has 21 heavy (non-hydrogen) atoms. The highest BCUT2D eigenvalue weighted by atomic mass is 32.1. The Kier molecular flexibility index (Phi) is 3.69. The Morgan fingerprint density at radius 1 is 0.952 bits per heavy atom. The SMILES string of the molecule is NC(Cc1cc(F)ccc1F)c1cc2cc(F)ccc2s1. The average Bonchev–Trinajstić information content (AvgIpc) is 2.86. The fourth-order valence-corrected chi connectivity index (χ4v) is 3.30. The van der Waals surface area contributed by atoms with E-state index in [1.165, 1.54) is 23.5 Å². The average molecular weight is 307 g/mol. The van der Waals surface area contributed by atoms with E-state index in [1.807, 2.05) is 0 Å². The number of thiophene rings is 1. The third-order valence-corrected chi connectivity index (χ3v) is 4.56. The summed E-state index contributed by atoms with van der Waals surface area (Å²) < 4.78 is 40.9. The zero-order chi connectivity index (χ0) is 15.0. The van der Waals surface area contributed by atoms with Crippen LogP contribution in [0, 0.1) is 17.5 Å². The van der Waals surface area contributed by atoms with Crippen LogP contribution in [0.15, 0.2) is 42.5 Å². The molecule has 2 aromatic carbocycles. The molecule has 0 fully saturated rings. The Balaban J connectivity index is 1.89. The lowest BCUT2D eigenvalue weighted by atomic mass is 10.0. The first-order valence-electron chi connectivity index (χ1n) is 6.41. The third kappa shape index (κ3) is 2.94. The van der Waals surface area contributed by atoms with E-state index in [0.717, 1.165) is 33.2 Å². The van der Waals surface area contributed by atoms with Gasteiger partial charge in [-0.15, -0.1) is 11.3 Å². The van der Waals surface area contributed by atoms with Gasteiger partial charge in [0.15, 0.2) is 0 Å². The molecule has 2 N–H and O–H groups in total. The molecule has 1 aromatic heterocycles. The molecule has 0 radical (unpaired) electrons. The van der Waals surface area contributed by atoms with E-state index in [-0.39, 0.29) is 17.8 Å². The number of hydrogen-bond donors (Lipinski definition) is 1. The molecule has 0 spiro atoms. The molecule has 1 heterocycles. The third-order valence-electron chi connectivity index (χ3n) is 3.31. The Bertz CT molecular complexity index is 797. The van der Waals surface area contributed by atoms with E-state index >= 15 is 0 Å². The van der Waals surface area contributed by atoms with E-state index < -0.39 is 17.7 Å². The van der Waals surface area contributed by atoms with Gasteiger partial charge in [0.1, 0.15) is 17.5 Å². The highest BCUT2D eigenvalue weighted by molar-refractivity contribution is 7.19. The zero-order valence-electron chi connectivity index (χ0n) is 10.9. The second-order valence-corrected chi connectivity index (χ2v) is 5.99. The van der Waals surface area contributed by atoms with Crippen molar-refractivity contribution in [2.45, 2.75) is 12.5 Å². The minimum Gasteiger partial charge on any atom is -0.323 e. The summed E-state index contributed by atoms with van der Waals surface area (Å²) in [5.74, 6) is -1.27. The molecule has 3 rings (SSSR count). The molecule has 1 atom stereocenters. The van der Waals surface area contributed by atoms with E-state index in [0.29, 0.717) is 0 Å². The molecule has 0 saturated carbocycles. The summed E-state index contributed by atoms with van der Waals surface area (Å²) in [5.41, 5.74) is 6.32. The van der Waals surface area contributed by atoms with Gasteiger partial charge in [0.05, 0.1) is 0 Å². The van der Waals surface area contributed by atoms with Gasteiger partial charge >= 0.3 is 0 Å². The van der Waals surface area contributed by atoms with Gasteiger partial charge < -0.3 is 5.73 Å². The minimum atomic E-state index is -0.489. The van der Waals surface area contributed by atoms with Gasteiger partial charge in [0.25, 0.3) is 0 Å². The lowest BCUT2D eigenvalue weighted by Gasteiger charge is -2.10. The van der Waals surface area contributed by atoms with Crippen molar-refractivity contribution in [1.29, 1.82) is 0 Å². The molecule has 0 aliphatic rings. The standard InChI is InChI=1S/C16H12F3NS/c17-11-1-3-13(19)9(5-11)7-14(20)16-8-10-6-12(18)2-4-15(10)21-16/h1-6,8,14H,7,20H2. The number of halogens is 3. The van der Waals surface area contributed by atoms with Crippen molar-refractivity contribution in [2.24, 2.45) is 5.73 Å². The minimum absolute atomic E-state index is 0.193. The van der Waals surface area contributed by atoms with Crippen LogP contribution in [0.2, 0.25) is 0 Å². The molecule has 5 heteroatoms. The lowest BCUT2D eigenvalue weighted by Crippen LogP contribution is -2.12. The van der Waals surface area contributed by atoms with Crippen LogP contribution in [0.1, 0.15) is 16.5 Å². The quantitative estimate of drug-likeness (QED) is 0.754. The van der Waals surface area contributed by atoms with Crippen LogP contribution in [0.4, 0.5) is 13.2 Å². The molecule has 0 amide bonds. The molecule has 0 saturated heterocycles. The van der Waals surface area contributed by atoms with Crippen LogP contribution in [-0.4, -0.2) is 0 Å². The number of nitrogens with two attached hydrogens (primary N) is 1. The maximum Gasteiger partial charge on any atom is 0.126 e. The number of benzene rings is 2. The molecule has 3 aromatic rings. The van der Waals surface area contributed by atoms with Crippen molar-refractivity contribution in [1.82, 2.24) is 0 Å². The second kappa shape index (κ2) is 5.50. The van der Waals surface area contributed by atoms with Gasteiger partial charge in [0, 0.05) is 15.6 Å². The van der Waals surface area contributed by atoms with Crippen molar-refractivity contribution in [3.05, 3.63) is 70.4 Å². The van der Waals surface area contributed by atoms with Crippen molar-refractivity contribution >= 4 is 21.4 Å². The first-order chi connectivity index (χ1) is 10.0. The molecule has 0 aliphatic carbocycles. The summed E-state index contributed by atoms with van der Waals surface area (Å²) >= 11 is 1.44. The summed E-state index contributed by atoms with van der Waals surface area (Å²) in [6.07, 6.45) is 0.193. The number of rotatable bonds is 3. The Hall–Kier alpha value is -1.85. The summed E-state index contributed by atoms with van der Waals surface area (Å²) in [6, 6.07) is 9.18. The van der Waals surface area contributed by atoms with Crippen molar-refractivity contribution in [3.63, 3.8) is 0 Å². The Morgan fingerprint density at radius 2 is 1.67 bits per heavy atom. The van der Waals surface area contributed by atoms with Crippen LogP contribution < -0.4 is 5.73 Å². The lowest BCUT2D eigenvalue weighted by molar-refractivity contribution is 0.574. The van der Waals surface area contributed by atoms with Gasteiger partial charge in [0.2, 0.25) is 0 Å². The monoisotopic (exact) mass is 307 g/mol. The molecular formula is C16H12F3NS. The summed E-state index contributed by atoms with van der Waals surface area (Å²) in [6.45, 7) is 0. The van der Waals surface area contributed by atoms with Gasteiger partial charge in [-0.2, -0.15) is 0 Å². The predicted octanol–water partition coefficient (Wildman–Crippen LogP) is 4.56. The summed E-state index contributed by atoms with van der Waals surface area (Å²) in [4.78, 5) is 0.819. The second-order valence-electron chi connectivity index (χ2n) is 4.88. The smallest absolute Gasteiger partial charge is 0.126 e. The fraction of sp³-hybridized carbons (Fsp3) is 0.125. The highest BCUT2D eigenvalue weighted by Gasteiger charge is 2.14. The largest absolute Gasteiger partial charge is 0.323 e. The first kappa shape index (κ1) is 14.1. The van der Waals surface area contributed by atoms with Gasteiger partial charge in [-0.3, -0.25) is 0 Å². The maximum atomic E-state index is 13.6. The highest BCUT2D eigenvalue weighted by Crippen LogP contribution is 2.31. The zero-order valence-corrected chi connectivity index (χ0v) is 11.8. The Morgan fingerprint density at radius 3 is 2.48 bits per heavy atom. The molecule has 1 nitrogen and oxygen atoms in total. The van der Waals surface area contributed by atoms with E-state index in [9.17, 15) is 13.2 Å². The van der Waals surface area contributed by atoms with E-state index in [2.05, 4.69) is 0 Å². The molecule has 1 unspecified atom stereocenters. The number of hydrogen-bond acceptors (Lipinski definition) is 2.